The molecule has 0 saturated heterocycles. The first-order chi connectivity index (χ1) is 9.87. The Hall–Kier alpha value is -1.60. The molecule has 0 radical (unpaired) electrons. The molecule has 4 N–H and O–H groups in total. The summed E-state index contributed by atoms with van der Waals surface area (Å²) < 4.78 is 25.1. The fraction of sp³-hybridized carbons (Fsp3) is 0.500. The molecule has 0 aliphatic heterocycles. The highest BCUT2D eigenvalue weighted by molar-refractivity contribution is 7.92. The van der Waals surface area contributed by atoms with Crippen molar-refractivity contribution >= 4 is 27.3 Å². The summed E-state index contributed by atoms with van der Waals surface area (Å²) in [6, 6.07) is 6.59. The molecule has 0 aromatic heterocycles. The highest BCUT2D eigenvalue weighted by atomic mass is 32.2. The van der Waals surface area contributed by atoms with E-state index in [1.807, 2.05) is 0 Å². The number of rotatable bonds is 4. The van der Waals surface area contributed by atoms with Gasteiger partial charge in [-0.05, 0) is 25.0 Å². The number of anilines is 2. The number of para-hydroxylation sites is 2. The van der Waals surface area contributed by atoms with Gasteiger partial charge < -0.3 is 11.1 Å². The van der Waals surface area contributed by atoms with Crippen molar-refractivity contribution in [2.45, 2.75) is 31.7 Å². The molecule has 1 aromatic carbocycles. The van der Waals surface area contributed by atoms with Gasteiger partial charge in [-0.25, -0.2) is 8.42 Å². The van der Waals surface area contributed by atoms with E-state index in [9.17, 15) is 13.2 Å². The quantitative estimate of drug-likeness (QED) is 0.784. The van der Waals surface area contributed by atoms with Crippen molar-refractivity contribution in [2.24, 2.45) is 11.7 Å². The molecule has 116 valence electrons. The standard InChI is InChI=1S/C14H21N3O3S/c1-21(19,20)17-13-9-5-4-8-12(13)16-14(18)10-6-2-3-7-11(10)15/h4-5,8-11,17H,2-3,6-7,15H2,1H3,(H,16,18). The van der Waals surface area contributed by atoms with E-state index in [1.54, 1.807) is 24.3 Å². The predicted octanol–water partition coefficient (Wildman–Crippen LogP) is 1.51. The lowest BCUT2D eigenvalue weighted by molar-refractivity contribution is -0.121. The molecule has 2 atom stereocenters. The van der Waals surface area contributed by atoms with Crippen LogP contribution in [0.3, 0.4) is 0 Å². The van der Waals surface area contributed by atoms with E-state index in [0.717, 1.165) is 31.9 Å². The Morgan fingerprint density at radius 3 is 2.43 bits per heavy atom. The molecule has 7 heteroatoms. The molecule has 21 heavy (non-hydrogen) atoms. The van der Waals surface area contributed by atoms with Crippen LogP contribution in [0.15, 0.2) is 24.3 Å². The second-order valence-corrected chi connectivity index (χ2v) is 7.21. The third kappa shape index (κ3) is 4.44. The number of benzene rings is 1. The van der Waals surface area contributed by atoms with Crippen molar-refractivity contribution in [2.75, 3.05) is 16.3 Å². The minimum atomic E-state index is -3.40. The number of carbonyl (C=O) groups excluding carboxylic acids is 1. The van der Waals surface area contributed by atoms with E-state index < -0.39 is 10.0 Å². The highest BCUT2D eigenvalue weighted by Crippen LogP contribution is 2.27. The summed E-state index contributed by atoms with van der Waals surface area (Å²) in [5.74, 6) is -0.366. The molecule has 1 aromatic rings. The summed E-state index contributed by atoms with van der Waals surface area (Å²) in [5, 5.41) is 2.79. The van der Waals surface area contributed by atoms with Crippen molar-refractivity contribution in [1.82, 2.24) is 0 Å². The monoisotopic (exact) mass is 311 g/mol. The average Bonchev–Trinajstić information content (AvgIpc) is 2.40. The van der Waals surface area contributed by atoms with Crippen molar-refractivity contribution < 1.29 is 13.2 Å². The minimum absolute atomic E-state index is 0.131. The van der Waals surface area contributed by atoms with Gasteiger partial charge in [0.1, 0.15) is 0 Å². The Morgan fingerprint density at radius 2 is 1.81 bits per heavy atom. The minimum Gasteiger partial charge on any atom is -0.327 e. The Balaban J connectivity index is 2.13. The fourth-order valence-electron chi connectivity index (χ4n) is 2.59. The maximum Gasteiger partial charge on any atom is 0.229 e. The zero-order valence-corrected chi connectivity index (χ0v) is 12.8. The summed E-state index contributed by atoms with van der Waals surface area (Å²) in [6.07, 6.45) is 4.74. The van der Waals surface area contributed by atoms with Crippen LogP contribution in [0.1, 0.15) is 25.7 Å². The van der Waals surface area contributed by atoms with Crippen LogP contribution >= 0.6 is 0 Å². The van der Waals surface area contributed by atoms with Crippen molar-refractivity contribution in [3.05, 3.63) is 24.3 Å². The number of nitrogens with one attached hydrogen (secondary N) is 2. The van der Waals surface area contributed by atoms with Crippen LogP contribution in [0.4, 0.5) is 11.4 Å². The van der Waals surface area contributed by atoms with Gasteiger partial charge in [0.25, 0.3) is 0 Å². The first-order valence-corrected chi connectivity index (χ1v) is 8.89. The number of carbonyl (C=O) groups is 1. The molecule has 1 saturated carbocycles. The van der Waals surface area contributed by atoms with Gasteiger partial charge in [0, 0.05) is 6.04 Å². The zero-order valence-electron chi connectivity index (χ0n) is 12.0. The van der Waals surface area contributed by atoms with Gasteiger partial charge in [-0.1, -0.05) is 25.0 Å². The van der Waals surface area contributed by atoms with E-state index in [0.29, 0.717) is 11.4 Å². The molecule has 1 aliphatic carbocycles. The van der Waals surface area contributed by atoms with Gasteiger partial charge in [0.2, 0.25) is 15.9 Å². The summed E-state index contributed by atoms with van der Waals surface area (Å²) in [7, 11) is -3.40. The second-order valence-electron chi connectivity index (χ2n) is 5.46. The Bertz CT molecular complexity index is 616. The van der Waals surface area contributed by atoms with Crippen LogP contribution in [0, 0.1) is 5.92 Å². The van der Waals surface area contributed by atoms with Crippen LogP contribution in [-0.4, -0.2) is 26.6 Å². The molecule has 2 unspecified atom stereocenters. The molecular formula is C14H21N3O3S. The molecule has 1 aliphatic rings. The molecule has 2 rings (SSSR count). The zero-order chi connectivity index (χ0) is 15.5. The van der Waals surface area contributed by atoms with Crippen LogP contribution < -0.4 is 15.8 Å². The van der Waals surface area contributed by atoms with Crippen LogP contribution in [0.5, 0.6) is 0 Å². The predicted molar refractivity (Wildman–Crippen MR) is 83.5 cm³/mol. The molecule has 6 nitrogen and oxygen atoms in total. The SMILES string of the molecule is CS(=O)(=O)Nc1ccccc1NC(=O)C1CCCCC1N. The second kappa shape index (κ2) is 6.44. The lowest BCUT2D eigenvalue weighted by Gasteiger charge is -2.27. The first kappa shape index (κ1) is 15.8. The van der Waals surface area contributed by atoms with Gasteiger partial charge in [0.05, 0.1) is 23.5 Å². The normalized spacial score (nSPS) is 22.6. The Labute approximate surface area is 125 Å². The van der Waals surface area contributed by atoms with Gasteiger partial charge in [-0.15, -0.1) is 0 Å². The van der Waals surface area contributed by atoms with Gasteiger partial charge >= 0.3 is 0 Å². The summed E-state index contributed by atoms with van der Waals surface area (Å²) >= 11 is 0. The average molecular weight is 311 g/mol. The molecule has 1 amide bonds. The van der Waals surface area contributed by atoms with Gasteiger partial charge in [-0.2, -0.15) is 0 Å². The van der Waals surface area contributed by atoms with Crippen LogP contribution in [0.2, 0.25) is 0 Å². The van der Waals surface area contributed by atoms with Gasteiger partial charge in [0.15, 0.2) is 0 Å². The lowest BCUT2D eigenvalue weighted by Crippen LogP contribution is -2.40. The van der Waals surface area contributed by atoms with Crippen LogP contribution in [0.25, 0.3) is 0 Å². The van der Waals surface area contributed by atoms with E-state index in [-0.39, 0.29) is 17.9 Å². The van der Waals surface area contributed by atoms with Crippen molar-refractivity contribution in [1.29, 1.82) is 0 Å². The van der Waals surface area contributed by atoms with E-state index in [1.165, 1.54) is 0 Å². The molecule has 1 fully saturated rings. The summed E-state index contributed by atoms with van der Waals surface area (Å²) in [5.41, 5.74) is 6.81. The Morgan fingerprint density at radius 1 is 1.19 bits per heavy atom. The summed E-state index contributed by atoms with van der Waals surface area (Å²) in [6.45, 7) is 0. The summed E-state index contributed by atoms with van der Waals surface area (Å²) in [4.78, 5) is 12.3. The lowest BCUT2D eigenvalue weighted by atomic mass is 9.84. The van der Waals surface area contributed by atoms with E-state index in [2.05, 4.69) is 10.0 Å². The molecule has 0 bridgehead atoms. The largest absolute Gasteiger partial charge is 0.327 e. The Kier molecular flexibility index (Phi) is 4.84. The number of hydrogen-bond acceptors (Lipinski definition) is 4. The molecule has 0 heterocycles. The smallest absolute Gasteiger partial charge is 0.229 e. The van der Waals surface area contributed by atoms with E-state index in [4.69, 9.17) is 5.73 Å². The third-order valence-electron chi connectivity index (χ3n) is 3.64. The van der Waals surface area contributed by atoms with Crippen LogP contribution in [-0.2, 0) is 14.8 Å². The van der Waals surface area contributed by atoms with Crippen molar-refractivity contribution in [3.8, 4) is 0 Å². The first-order valence-electron chi connectivity index (χ1n) is 7.00. The number of hydrogen-bond donors (Lipinski definition) is 3. The molecule has 0 spiro atoms. The molecular weight excluding hydrogens is 290 g/mol. The highest BCUT2D eigenvalue weighted by Gasteiger charge is 2.28. The van der Waals surface area contributed by atoms with Crippen molar-refractivity contribution in [3.63, 3.8) is 0 Å². The number of amides is 1. The fourth-order valence-corrected chi connectivity index (χ4v) is 3.17. The maximum atomic E-state index is 12.3. The topological polar surface area (TPSA) is 101 Å². The number of nitrogens with two attached hydrogens (primary N) is 1. The number of sulfonamides is 1. The van der Waals surface area contributed by atoms with E-state index >= 15 is 0 Å². The maximum absolute atomic E-state index is 12.3. The third-order valence-corrected chi connectivity index (χ3v) is 4.23. The van der Waals surface area contributed by atoms with Gasteiger partial charge in [-0.3, -0.25) is 9.52 Å².